The first-order valence-electron chi connectivity index (χ1n) is 14.1. The summed E-state index contributed by atoms with van der Waals surface area (Å²) in [5, 5.41) is 20.3. The van der Waals surface area contributed by atoms with Crippen LogP contribution in [0.25, 0.3) is 0 Å². The summed E-state index contributed by atoms with van der Waals surface area (Å²) in [6.45, 7) is 7.92. The van der Waals surface area contributed by atoms with Gasteiger partial charge in [-0.3, -0.25) is 4.79 Å². The summed E-state index contributed by atoms with van der Waals surface area (Å²) in [5.74, 6) is 2.05. The first kappa shape index (κ1) is 26.3. The van der Waals surface area contributed by atoms with Gasteiger partial charge in [-0.2, -0.15) is 4.98 Å². The molecule has 3 aromatic heterocycles. The van der Waals surface area contributed by atoms with E-state index in [1.807, 2.05) is 19.1 Å². The van der Waals surface area contributed by atoms with E-state index in [1.54, 1.807) is 6.08 Å². The smallest absolute Gasteiger partial charge is 0.256 e. The highest BCUT2D eigenvalue weighted by molar-refractivity contribution is 5.99. The zero-order valence-corrected chi connectivity index (χ0v) is 23.1. The molecule has 6 rings (SSSR count). The molecular weight excluding hydrogens is 504 g/mol. The molecule has 0 radical (unpaired) electrons. The Morgan fingerprint density at radius 1 is 1.20 bits per heavy atom. The van der Waals surface area contributed by atoms with E-state index in [-0.39, 0.29) is 11.5 Å². The van der Waals surface area contributed by atoms with Crippen LogP contribution in [0.4, 0.5) is 23.4 Å². The van der Waals surface area contributed by atoms with Gasteiger partial charge in [-0.15, -0.1) is 6.58 Å². The van der Waals surface area contributed by atoms with Crippen LogP contribution in [0.15, 0.2) is 37.1 Å². The van der Waals surface area contributed by atoms with Crippen LogP contribution in [0.3, 0.4) is 0 Å². The number of nitrogens with zero attached hydrogens (tertiary/aromatic N) is 5. The minimum absolute atomic E-state index is 0.276. The SMILES string of the molecule is C=CCNC(=O)c1cnc(Nc2cc3c4c(n2)CCCC4CN(C)C3)nc1Nc1ccc2c(n1)C(O)(CC)CC2. The van der Waals surface area contributed by atoms with Crippen LogP contribution >= 0.6 is 0 Å². The van der Waals surface area contributed by atoms with Crippen molar-refractivity contribution in [2.45, 2.75) is 63.5 Å². The maximum Gasteiger partial charge on any atom is 0.256 e. The van der Waals surface area contributed by atoms with Crippen LogP contribution in [0.1, 0.15) is 77.0 Å². The van der Waals surface area contributed by atoms with Crippen molar-refractivity contribution in [2.75, 3.05) is 30.8 Å². The Morgan fingerprint density at radius 3 is 2.90 bits per heavy atom. The van der Waals surface area contributed by atoms with Crippen LogP contribution in [-0.2, 0) is 25.0 Å². The summed E-state index contributed by atoms with van der Waals surface area (Å²) in [6.07, 6.45) is 8.46. The largest absolute Gasteiger partial charge is 0.384 e. The number of amides is 1. The topological polar surface area (TPSA) is 128 Å². The third-order valence-corrected chi connectivity index (χ3v) is 8.31. The molecule has 40 heavy (non-hydrogen) atoms. The van der Waals surface area contributed by atoms with Gasteiger partial charge in [-0.1, -0.05) is 19.1 Å². The lowest BCUT2D eigenvalue weighted by Crippen LogP contribution is -2.33. The number of aryl methyl sites for hydroxylation is 2. The van der Waals surface area contributed by atoms with E-state index >= 15 is 0 Å². The van der Waals surface area contributed by atoms with Crippen LogP contribution in [0.2, 0.25) is 0 Å². The van der Waals surface area contributed by atoms with E-state index in [2.05, 4.69) is 50.5 Å². The molecule has 2 atom stereocenters. The zero-order valence-electron chi connectivity index (χ0n) is 23.1. The second-order valence-electron chi connectivity index (χ2n) is 11.1. The maximum absolute atomic E-state index is 13.0. The zero-order chi connectivity index (χ0) is 27.9. The second-order valence-corrected chi connectivity index (χ2v) is 11.1. The van der Waals surface area contributed by atoms with E-state index < -0.39 is 5.60 Å². The number of carbonyl (C=O) groups is 1. The van der Waals surface area contributed by atoms with E-state index in [0.717, 1.165) is 43.6 Å². The van der Waals surface area contributed by atoms with Crippen molar-refractivity contribution in [1.29, 1.82) is 0 Å². The first-order chi connectivity index (χ1) is 19.4. The second kappa shape index (κ2) is 10.6. The summed E-state index contributed by atoms with van der Waals surface area (Å²) in [6, 6.07) is 5.92. The molecule has 0 spiro atoms. The molecular formula is C30H36N8O2. The molecule has 0 saturated carbocycles. The Hall–Kier alpha value is -3.89. The van der Waals surface area contributed by atoms with E-state index in [9.17, 15) is 9.90 Å². The quantitative estimate of drug-likeness (QED) is 0.313. The Kier molecular flexibility index (Phi) is 6.97. The van der Waals surface area contributed by atoms with Crippen LogP contribution < -0.4 is 16.0 Å². The average molecular weight is 541 g/mol. The van der Waals surface area contributed by atoms with Gasteiger partial charge in [0.25, 0.3) is 5.91 Å². The number of hydrogen-bond donors (Lipinski definition) is 4. The van der Waals surface area contributed by atoms with Crippen molar-refractivity contribution in [1.82, 2.24) is 30.2 Å². The fourth-order valence-corrected chi connectivity index (χ4v) is 6.29. The molecule has 4 N–H and O–H groups in total. The van der Waals surface area contributed by atoms with Gasteiger partial charge in [0.2, 0.25) is 5.95 Å². The Balaban J connectivity index is 1.33. The lowest BCUT2D eigenvalue weighted by atomic mass is 9.80. The molecule has 0 saturated heterocycles. The molecule has 10 heteroatoms. The molecule has 0 fully saturated rings. The van der Waals surface area contributed by atoms with Gasteiger partial charge in [0.15, 0.2) is 0 Å². The molecule has 3 aliphatic rings. The highest BCUT2D eigenvalue weighted by atomic mass is 16.3. The number of anilines is 4. The van der Waals surface area contributed by atoms with Gasteiger partial charge in [-0.05, 0) is 80.3 Å². The maximum atomic E-state index is 13.0. The summed E-state index contributed by atoms with van der Waals surface area (Å²) in [4.78, 5) is 34.1. The summed E-state index contributed by atoms with van der Waals surface area (Å²) in [7, 11) is 2.16. The van der Waals surface area contributed by atoms with Gasteiger partial charge >= 0.3 is 0 Å². The summed E-state index contributed by atoms with van der Waals surface area (Å²) in [5.41, 5.74) is 4.94. The van der Waals surface area contributed by atoms with Crippen molar-refractivity contribution in [3.05, 3.63) is 70.7 Å². The number of fused-ring (bicyclic) bond motifs is 1. The Labute approximate surface area is 234 Å². The minimum Gasteiger partial charge on any atom is -0.384 e. The summed E-state index contributed by atoms with van der Waals surface area (Å²) < 4.78 is 0. The molecule has 2 unspecified atom stereocenters. The number of pyridine rings is 2. The number of rotatable bonds is 8. The van der Waals surface area contributed by atoms with Crippen molar-refractivity contribution < 1.29 is 9.90 Å². The van der Waals surface area contributed by atoms with Crippen LogP contribution in [0.5, 0.6) is 0 Å². The number of carbonyl (C=O) groups excluding carboxylic acids is 1. The lowest BCUT2D eigenvalue weighted by molar-refractivity contribution is 0.0307. The molecule has 1 amide bonds. The van der Waals surface area contributed by atoms with Crippen LogP contribution in [-0.4, -0.2) is 56.0 Å². The van der Waals surface area contributed by atoms with Crippen molar-refractivity contribution in [3.63, 3.8) is 0 Å². The fraction of sp³-hybridized carbons (Fsp3) is 0.433. The third-order valence-electron chi connectivity index (χ3n) is 8.31. The van der Waals surface area contributed by atoms with Crippen molar-refractivity contribution in [2.24, 2.45) is 0 Å². The molecule has 3 aromatic rings. The van der Waals surface area contributed by atoms with Gasteiger partial charge in [-0.25, -0.2) is 15.0 Å². The molecule has 208 valence electrons. The van der Waals surface area contributed by atoms with Gasteiger partial charge < -0.3 is 26.0 Å². The number of likely N-dealkylation sites (N-methyl/N-ethyl adjacent to an activating group) is 1. The lowest BCUT2D eigenvalue weighted by Gasteiger charge is -2.36. The monoisotopic (exact) mass is 540 g/mol. The minimum atomic E-state index is -0.943. The molecule has 4 heterocycles. The van der Waals surface area contributed by atoms with E-state index in [4.69, 9.17) is 9.97 Å². The van der Waals surface area contributed by atoms with E-state index in [1.165, 1.54) is 23.7 Å². The summed E-state index contributed by atoms with van der Waals surface area (Å²) >= 11 is 0. The molecule has 0 bridgehead atoms. The number of aromatic nitrogens is 4. The van der Waals surface area contributed by atoms with Gasteiger partial charge in [0, 0.05) is 31.5 Å². The number of nitrogens with one attached hydrogen (secondary N) is 3. The number of aliphatic hydroxyl groups is 1. The Bertz CT molecular complexity index is 1470. The first-order valence-corrected chi connectivity index (χ1v) is 14.1. The molecule has 10 nitrogen and oxygen atoms in total. The highest BCUT2D eigenvalue weighted by Crippen LogP contribution is 2.40. The predicted octanol–water partition coefficient (Wildman–Crippen LogP) is 4.08. The average Bonchev–Trinajstić information content (AvgIpc) is 3.28. The van der Waals surface area contributed by atoms with Gasteiger partial charge in [0.05, 0.1) is 5.69 Å². The van der Waals surface area contributed by atoms with Gasteiger partial charge in [0.1, 0.15) is 28.6 Å². The normalized spacial score (nSPS) is 21.3. The molecule has 0 aromatic carbocycles. The standard InChI is InChI=1S/C30H36N8O2/c1-4-13-31-28(39)21-15-32-29(36-24-14-20-17-38(3)16-19-7-6-8-22(33-24)25(19)20)37-27(21)35-23-10-9-18-11-12-30(40,5-2)26(18)34-23/h4,9-10,14-15,19,40H,1,5-8,11-13,16-17H2,2-3H3,(H,31,39)(H2,32,33,34,35,36,37). The highest BCUT2D eigenvalue weighted by Gasteiger charge is 2.37. The third kappa shape index (κ3) is 4.93. The molecule has 1 aliphatic heterocycles. The van der Waals surface area contributed by atoms with Crippen molar-refractivity contribution >= 4 is 29.3 Å². The predicted molar refractivity (Wildman–Crippen MR) is 154 cm³/mol. The Morgan fingerprint density at radius 2 is 2.08 bits per heavy atom. The molecule has 2 aliphatic carbocycles. The van der Waals surface area contributed by atoms with Crippen LogP contribution in [0, 0.1) is 0 Å². The van der Waals surface area contributed by atoms with Crippen molar-refractivity contribution in [3.8, 4) is 0 Å². The number of hydrogen-bond acceptors (Lipinski definition) is 9. The fourth-order valence-electron chi connectivity index (χ4n) is 6.29. The van der Waals surface area contributed by atoms with E-state index in [0.29, 0.717) is 54.4 Å².